The molecule has 0 saturated heterocycles. The molecular formula is C83H124N14. The van der Waals surface area contributed by atoms with E-state index in [0.717, 1.165) is 0 Å². The monoisotopic (exact) mass is 1320 g/mol. The lowest BCUT2D eigenvalue weighted by molar-refractivity contribution is 1.09. The zero-order valence-corrected chi connectivity index (χ0v) is 63.3. The SMILES string of the molecule is CC.CC.CC.CC.CC.CC.CC.CC.CC.CC.CCC.c1ccc2cc3ccccc3cc2c1.c1ccncc1.c1ccncc1.c1ccncc1.c1ccncc1.c1ccncc1.c1ccncc1.c1cnccn1.c1cnccn1.c1cncnc1.c1cncnc1. The van der Waals surface area contributed by atoms with E-state index in [1.807, 2.05) is 248 Å². The summed E-state index contributed by atoms with van der Waals surface area (Å²) in [6.45, 7) is 44.2. The molecule has 0 spiro atoms. The molecule has 526 valence electrons. The van der Waals surface area contributed by atoms with Gasteiger partial charge in [0.15, 0.2) is 0 Å². The van der Waals surface area contributed by atoms with Crippen LogP contribution in [0.4, 0.5) is 0 Å². The average molecular weight is 1320 g/mol. The first-order valence-electron chi connectivity index (χ1n) is 34.1. The van der Waals surface area contributed by atoms with Crippen LogP contribution in [0.1, 0.15) is 159 Å². The molecule has 0 amide bonds. The van der Waals surface area contributed by atoms with Crippen molar-refractivity contribution < 1.29 is 0 Å². The molecule has 0 aliphatic heterocycles. The number of rotatable bonds is 0. The van der Waals surface area contributed by atoms with E-state index >= 15 is 0 Å². The van der Waals surface area contributed by atoms with Crippen molar-refractivity contribution in [2.45, 2.75) is 159 Å². The maximum absolute atomic E-state index is 3.78. The predicted octanol–water partition coefficient (Wildman–Crippen LogP) is 24.1. The van der Waals surface area contributed by atoms with E-state index in [2.05, 4.69) is 144 Å². The number of benzene rings is 3. The summed E-state index contributed by atoms with van der Waals surface area (Å²) in [6, 6.07) is 59.3. The third-order valence-electron chi connectivity index (χ3n) is 7.92. The second kappa shape index (κ2) is 116. The molecular weight excluding hydrogens is 1190 g/mol. The van der Waals surface area contributed by atoms with Gasteiger partial charge in [-0.1, -0.05) is 244 Å². The standard InChI is InChI=1S/C14H10.6C5H5N.4C4H4N2.C3H8.10C2H6/c1-2-6-12-10-14-8-4-3-7-13(14)9-11(12)5-1;6*1-2-4-6-5-3-1;2*1-2-6-4-3-5-1;2*1-2-5-4-6-3-1;1-3-2;10*1-2/h1-10H;6*1-5H;4*1-4H;3H2,1-2H3;10*1-2H3. The lowest BCUT2D eigenvalue weighted by atomic mass is 10.0. The first-order valence-corrected chi connectivity index (χ1v) is 34.1. The summed E-state index contributed by atoms with van der Waals surface area (Å²) in [6.07, 6.45) is 45.1. The molecule has 97 heavy (non-hydrogen) atoms. The van der Waals surface area contributed by atoms with Crippen LogP contribution in [0.5, 0.6) is 0 Å². The minimum atomic E-state index is 1.25. The van der Waals surface area contributed by atoms with Crippen molar-refractivity contribution in [3.8, 4) is 0 Å². The highest BCUT2D eigenvalue weighted by Crippen LogP contribution is 2.22. The van der Waals surface area contributed by atoms with Crippen LogP contribution in [0.15, 0.2) is 343 Å². The van der Waals surface area contributed by atoms with Crippen LogP contribution in [-0.4, -0.2) is 69.8 Å². The van der Waals surface area contributed by atoms with E-state index < -0.39 is 0 Å². The van der Waals surface area contributed by atoms with Gasteiger partial charge < -0.3 is 0 Å². The van der Waals surface area contributed by atoms with Gasteiger partial charge in [0.1, 0.15) is 12.7 Å². The average Bonchev–Trinajstić information content (AvgIpc) is 0.861. The van der Waals surface area contributed by atoms with Gasteiger partial charge in [-0.2, -0.15) is 0 Å². The molecule has 3 aromatic carbocycles. The molecule has 10 aromatic heterocycles. The predicted molar refractivity (Wildman–Crippen MR) is 424 cm³/mol. The van der Waals surface area contributed by atoms with Gasteiger partial charge in [0.05, 0.1) is 0 Å². The van der Waals surface area contributed by atoms with Gasteiger partial charge in [0.25, 0.3) is 0 Å². The maximum atomic E-state index is 3.78. The van der Waals surface area contributed by atoms with Gasteiger partial charge in [-0.15, -0.1) is 0 Å². The van der Waals surface area contributed by atoms with Crippen LogP contribution in [-0.2, 0) is 0 Å². The van der Waals surface area contributed by atoms with Crippen LogP contribution < -0.4 is 0 Å². The lowest BCUT2D eigenvalue weighted by Gasteiger charge is -2.00. The first-order chi connectivity index (χ1) is 48.3. The molecule has 10 heterocycles. The molecule has 14 heteroatoms. The summed E-state index contributed by atoms with van der Waals surface area (Å²) in [7, 11) is 0. The number of pyridine rings is 6. The van der Waals surface area contributed by atoms with Crippen molar-refractivity contribution in [3.63, 3.8) is 0 Å². The Morgan fingerprint density at radius 2 is 0.278 bits per heavy atom. The summed E-state index contributed by atoms with van der Waals surface area (Å²) in [4.78, 5) is 52.3. The smallest absolute Gasteiger partial charge is 0.115 e. The molecule has 0 radical (unpaired) electrons. The molecule has 0 N–H and O–H groups in total. The maximum Gasteiger partial charge on any atom is 0.115 e. The molecule has 14 nitrogen and oxygen atoms in total. The molecule has 0 atom stereocenters. The van der Waals surface area contributed by atoms with E-state index in [4.69, 9.17) is 0 Å². The van der Waals surface area contributed by atoms with E-state index in [1.54, 1.807) is 161 Å². The Morgan fingerprint density at radius 1 is 0.155 bits per heavy atom. The largest absolute Gasteiger partial charge is 0.265 e. The van der Waals surface area contributed by atoms with Crippen LogP contribution in [0.3, 0.4) is 0 Å². The first kappa shape index (κ1) is 105. The van der Waals surface area contributed by atoms with Crippen molar-refractivity contribution in [3.05, 3.63) is 343 Å². The zero-order valence-electron chi connectivity index (χ0n) is 63.3. The molecule has 0 aliphatic rings. The topological polar surface area (TPSA) is 180 Å². The Balaban J connectivity index is -0.000000123. The van der Waals surface area contributed by atoms with Gasteiger partial charge >= 0.3 is 0 Å². The summed E-state index contributed by atoms with van der Waals surface area (Å²) < 4.78 is 0. The Hall–Kier alpha value is -10.6. The van der Waals surface area contributed by atoms with Gasteiger partial charge in [-0.3, -0.25) is 49.8 Å². The fraction of sp³-hybridized carbons (Fsp3) is 0.277. The fourth-order valence-electron chi connectivity index (χ4n) is 4.77. The number of fused-ring (bicyclic) bond motifs is 2. The summed E-state index contributed by atoms with van der Waals surface area (Å²) >= 11 is 0. The summed E-state index contributed by atoms with van der Waals surface area (Å²) in [5.41, 5.74) is 0. The fourth-order valence-corrected chi connectivity index (χ4v) is 4.77. The van der Waals surface area contributed by atoms with E-state index in [0.29, 0.717) is 0 Å². The zero-order chi connectivity index (χ0) is 74.5. The highest BCUT2D eigenvalue weighted by atomic mass is 14.8. The molecule has 13 rings (SSSR count). The van der Waals surface area contributed by atoms with Crippen molar-refractivity contribution in [1.29, 1.82) is 0 Å². The van der Waals surface area contributed by atoms with Gasteiger partial charge in [-0.25, -0.2) is 19.9 Å². The van der Waals surface area contributed by atoms with E-state index in [-0.39, 0.29) is 0 Å². The molecule has 13 aromatic rings. The third-order valence-corrected chi connectivity index (χ3v) is 7.92. The number of hydrogen-bond donors (Lipinski definition) is 0. The van der Waals surface area contributed by atoms with Crippen LogP contribution >= 0.6 is 0 Å². The minimum Gasteiger partial charge on any atom is -0.265 e. The normalized spacial score (nSPS) is 7.32. The highest BCUT2D eigenvalue weighted by molar-refractivity contribution is 5.98. The van der Waals surface area contributed by atoms with Gasteiger partial charge in [-0.05, 0) is 119 Å². The minimum absolute atomic E-state index is 1.25. The Bertz CT molecular complexity index is 2160. The molecule has 0 saturated carbocycles. The number of aromatic nitrogens is 14. The van der Waals surface area contributed by atoms with Crippen molar-refractivity contribution >= 4 is 21.5 Å². The van der Waals surface area contributed by atoms with E-state index in [9.17, 15) is 0 Å². The van der Waals surface area contributed by atoms with Gasteiger partial charge in [0.2, 0.25) is 0 Å². The molecule has 0 bridgehead atoms. The number of nitrogens with zero attached hydrogens (tertiary/aromatic N) is 14. The Morgan fingerprint density at radius 3 is 0.351 bits per heavy atom. The molecule has 0 aliphatic carbocycles. The number of hydrogen-bond acceptors (Lipinski definition) is 14. The Kier molecular flexibility index (Phi) is 126. The summed E-state index contributed by atoms with van der Waals surface area (Å²) in [5.74, 6) is 0. The third kappa shape index (κ3) is 94.2. The highest BCUT2D eigenvalue weighted by Gasteiger charge is 1.95. The van der Waals surface area contributed by atoms with Crippen LogP contribution in [0, 0.1) is 0 Å². The Labute approximate surface area is 590 Å². The van der Waals surface area contributed by atoms with Crippen LogP contribution in [0.25, 0.3) is 21.5 Å². The second-order valence-electron chi connectivity index (χ2n) is 14.0. The lowest BCUT2D eigenvalue weighted by Crippen LogP contribution is -1.74. The second-order valence-corrected chi connectivity index (χ2v) is 14.0. The quantitative estimate of drug-likeness (QED) is 0.131. The van der Waals surface area contributed by atoms with Crippen molar-refractivity contribution in [2.24, 2.45) is 0 Å². The van der Waals surface area contributed by atoms with E-state index in [1.165, 1.54) is 40.6 Å². The summed E-state index contributed by atoms with van der Waals surface area (Å²) in [5, 5.41) is 5.25. The van der Waals surface area contributed by atoms with Gasteiger partial charge in [0, 0.05) is 149 Å². The molecule has 0 fully saturated rings. The van der Waals surface area contributed by atoms with Crippen molar-refractivity contribution in [1.82, 2.24) is 69.8 Å². The molecule has 0 unspecified atom stereocenters. The van der Waals surface area contributed by atoms with Crippen LogP contribution in [0.2, 0.25) is 0 Å². The van der Waals surface area contributed by atoms with Crippen molar-refractivity contribution in [2.75, 3.05) is 0 Å².